The van der Waals surface area contributed by atoms with Crippen LogP contribution in [0.15, 0.2) is 48.5 Å². The Kier molecular flexibility index (Phi) is 7.80. The second kappa shape index (κ2) is 11.3. The first-order chi connectivity index (χ1) is 19.2. The molecule has 1 spiro atoms. The highest BCUT2D eigenvalue weighted by atomic mass is 19.1. The third-order valence-corrected chi connectivity index (χ3v) is 7.39. The van der Waals surface area contributed by atoms with Crippen LogP contribution in [-0.4, -0.2) is 71.6 Å². The summed E-state index contributed by atoms with van der Waals surface area (Å²) < 4.78 is 55.2. The number of nitrogens with zero attached hydrogens (tertiary/aromatic N) is 3. The van der Waals surface area contributed by atoms with Gasteiger partial charge in [-0.05, 0) is 68.1 Å². The van der Waals surface area contributed by atoms with Crippen molar-refractivity contribution in [1.29, 1.82) is 0 Å². The van der Waals surface area contributed by atoms with E-state index in [-0.39, 0.29) is 31.3 Å². The zero-order valence-corrected chi connectivity index (χ0v) is 22.4. The number of hydrogen-bond acceptors (Lipinski definition) is 5. The van der Waals surface area contributed by atoms with Gasteiger partial charge in [0.1, 0.15) is 40.2 Å². The van der Waals surface area contributed by atoms with Gasteiger partial charge in [0.05, 0.1) is 25.3 Å². The predicted molar refractivity (Wildman–Crippen MR) is 141 cm³/mol. The van der Waals surface area contributed by atoms with Crippen LogP contribution in [0.4, 0.5) is 13.2 Å². The molecule has 2 saturated heterocycles. The number of carbonyl (C=O) groups is 2. The zero-order valence-electron chi connectivity index (χ0n) is 22.4. The van der Waals surface area contributed by atoms with Crippen LogP contribution in [0, 0.1) is 31.3 Å². The fourth-order valence-corrected chi connectivity index (χ4v) is 5.29. The maximum absolute atomic E-state index is 14.5. The van der Waals surface area contributed by atoms with E-state index >= 15 is 0 Å². The molecule has 40 heavy (non-hydrogen) atoms. The number of morpholine rings is 1. The highest BCUT2D eigenvalue weighted by Crippen LogP contribution is 2.31. The van der Waals surface area contributed by atoms with Gasteiger partial charge in [0, 0.05) is 13.1 Å². The fourth-order valence-electron chi connectivity index (χ4n) is 5.29. The molecule has 1 atom stereocenters. The molecule has 7 nitrogen and oxygen atoms in total. The summed E-state index contributed by atoms with van der Waals surface area (Å²) >= 11 is 0. The normalized spacial score (nSPS) is 19.1. The molecular formula is C30H30F3N3O4. The van der Waals surface area contributed by atoms with Crippen molar-refractivity contribution in [2.45, 2.75) is 32.3 Å². The number of aryl methyl sites for hydroxylation is 2. The Bertz CT molecular complexity index is 1430. The second-order valence-electron chi connectivity index (χ2n) is 10.4. The Morgan fingerprint density at radius 1 is 0.975 bits per heavy atom. The van der Waals surface area contributed by atoms with E-state index in [2.05, 4.69) is 4.98 Å². The van der Waals surface area contributed by atoms with Crippen LogP contribution >= 0.6 is 0 Å². The Morgan fingerprint density at radius 3 is 2.50 bits per heavy atom. The number of hydrogen-bond donors (Lipinski definition) is 0. The molecule has 0 saturated carbocycles. The number of pyridine rings is 1. The topological polar surface area (TPSA) is 72.0 Å². The van der Waals surface area contributed by atoms with Crippen LogP contribution < -0.4 is 4.74 Å². The third-order valence-electron chi connectivity index (χ3n) is 7.39. The minimum Gasteiger partial charge on any atom is -0.483 e. The number of carbonyl (C=O) groups excluding carboxylic acids is 2. The van der Waals surface area contributed by atoms with Gasteiger partial charge in [0.15, 0.2) is 6.61 Å². The van der Waals surface area contributed by atoms with Crippen LogP contribution in [0.2, 0.25) is 0 Å². The number of rotatable bonds is 5. The summed E-state index contributed by atoms with van der Waals surface area (Å²) in [6.45, 7) is 5.35. The lowest BCUT2D eigenvalue weighted by atomic mass is 9.90. The van der Waals surface area contributed by atoms with Crippen LogP contribution in [0.3, 0.4) is 0 Å². The van der Waals surface area contributed by atoms with Gasteiger partial charge in [-0.15, -0.1) is 0 Å². The predicted octanol–water partition coefficient (Wildman–Crippen LogP) is 4.70. The SMILES string of the molecule is Cc1ccc(C)c(OCC(=O)N2CCOC3(CCCN(C(=O)c4ccc(F)c(-c5c(F)cccc5F)n4)C3)C2)c1. The number of amides is 2. The summed E-state index contributed by atoms with van der Waals surface area (Å²) in [5, 5.41) is 0. The molecule has 0 N–H and O–H groups in total. The van der Waals surface area contributed by atoms with E-state index in [1.54, 1.807) is 4.90 Å². The van der Waals surface area contributed by atoms with Crippen LogP contribution in [0.5, 0.6) is 5.75 Å². The van der Waals surface area contributed by atoms with E-state index in [4.69, 9.17) is 9.47 Å². The molecule has 2 aliphatic rings. The molecule has 3 aromatic rings. The zero-order chi connectivity index (χ0) is 28.4. The number of piperidine rings is 1. The van der Waals surface area contributed by atoms with Crippen molar-refractivity contribution in [2.75, 3.05) is 39.4 Å². The molecule has 3 heterocycles. The van der Waals surface area contributed by atoms with Crippen molar-refractivity contribution in [1.82, 2.24) is 14.8 Å². The standard InChI is InChI=1S/C30H30F3N3O4/c1-19-7-8-20(2)25(15-19)39-16-26(37)35-13-14-40-30(17-35)11-4-12-36(18-30)29(38)24-10-9-23(33)28(34-24)27-21(31)5-3-6-22(27)32/h3,5-10,15H,4,11-14,16-18H2,1-2H3. The number of aromatic nitrogens is 1. The van der Waals surface area contributed by atoms with Gasteiger partial charge in [-0.3, -0.25) is 9.59 Å². The lowest BCUT2D eigenvalue weighted by Crippen LogP contribution is -2.61. The first-order valence-corrected chi connectivity index (χ1v) is 13.2. The van der Waals surface area contributed by atoms with Gasteiger partial charge in [-0.2, -0.15) is 0 Å². The van der Waals surface area contributed by atoms with Crippen molar-refractivity contribution in [3.8, 4) is 17.0 Å². The van der Waals surface area contributed by atoms with Crippen molar-refractivity contribution < 1.29 is 32.2 Å². The number of likely N-dealkylation sites (tertiary alicyclic amines) is 1. The molecular weight excluding hydrogens is 523 g/mol. The number of ether oxygens (including phenoxy) is 2. The molecule has 10 heteroatoms. The minimum absolute atomic E-state index is 0.113. The van der Waals surface area contributed by atoms with Gasteiger partial charge in [0.25, 0.3) is 11.8 Å². The molecule has 1 unspecified atom stereocenters. The molecule has 2 aliphatic heterocycles. The maximum Gasteiger partial charge on any atom is 0.272 e. The molecule has 2 amide bonds. The van der Waals surface area contributed by atoms with Crippen LogP contribution in [0.25, 0.3) is 11.3 Å². The molecule has 210 valence electrons. The van der Waals surface area contributed by atoms with Crippen molar-refractivity contribution >= 4 is 11.8 Å². The van der Waals surface area contributed by atoms with Crippen LogP contribution in [-0.2, 0) is 9.53 Å². The van der Waals surface area contributed by atoms with E-state index in [0.717, 1.165) is 29.3 Å². The number of halogens is 3. The van der Waals surface area contributed by atoms with Gasteiger partial charge in [-0.1, -0.05) is 18.2 Å². The average Bonchev–Trinajstić information content (AvgIpc) is 2.94. The maximum atomic E-state index is 14.5. The van der Waals surface area contributed by atoms with E-state index in [1.165, 1.54) is 17.0 Å². The van der Waals surface area contributed by atoms with Gasteiger partial charge in [0.2, 0.25) is 0 Å². The molecule has 1 aromatic heterocycles. The van der Waals surface area contributed by atoms with E-state index in [9.17, 15) is 22.8 Å². The van der Waals surface area contributed by atoms with E-state index in [1.807, 2.05) is 32.0 Å². The summed E-state index contributed by atoms with van der Waals surface area (Å²) in [7, 11) is 0. The Hall–Kier alpha value is -3.92. The third kappa shape index (κ3) is 5.67. The molecule has 2 fully saturated rings. The minimum atomic E-state index is -0.977. The summed E-state index contributed by atoms with van der Waals surface area (Å²) in [6.07, 6.45) is 1.25. The second-order valence-corrected chi connectivity index (χ2v) is 10.4. The summed E-state index contributed by atoms with van der Waals surface area (Å²) in [4.78, 5) is 33.7. The van der Waals surface area contributed by atoms with Crippen molar-refractivity contribution in [3.05, 3.63) is 82.8 Å². The fraction of sp³-hybridized carbons (Fsp3) is 0.367. The van der Waals surface area contributed by atoms with Gasteiger partial charge >= 0.3 is 0 Å². The van der Waals surface area contributed by atoms with Crippen molar-refractivity contribution in [2.24, 2.45) is 0 Å². The average molecular weight is 554 g/mol. The summed E-state index contributed by atoms with van der Waals surface area (Å²) in [5.41, 5.74) is -0.135. The Labute approximate surface area is 230 Å². The summed E-state index contributed by atoms with van der Waals surface area (Å²) in [6, 6.07) is 11.2. The smallest absolute Gasteiger partial charge is 0.272 e. The monoisotopic (exact) mass is 553 g/mol. The highest BCUT2D eigenvalue weighted by molar-refractivity contribution is 5.93. The van der Waals surface area contributed by atoms with E-state index in [0.29, 0.717) is 38.3 Å². The summed E-state index contributed by atoms with van der Waals surface area (Å²) in [5.74, 6) is -2.92. The van der Waals surface area contributed by atoms with E-state index < -0.39 is 40.2 Å². The van der Waals surface area contributed by atoms with Gasteiger partial charge < -0.3 is 19.3 Å². The Morgan fingerprint density at radius 2 is 1.73 bits per heavy atom. The molecule has 0 radical (unpaired) electrons. The molecule has 2 aromatic carbocycles. The molecule has 0 aliphatic carbocycles. The highest BCUT2D eigenvalue weighted by Gasteiger charge is 2.43. The first-order valence-electron chi connectivity index (χ1n) is 13.2. The van der Waals surface area contributed by atoms with Crippen LogP contribution in [0.1, 0.15) is 34.5 Å². The Balaban J connectivity index is 1.29. The molecule has 0 bridgehead atoms. The largest absolute Gasteiger partial charge is 0.483 e. The first kappa shape index (κ1) is 27.6. The quantitative estimate of drug-likeness (QED) is 0.458. The number of benzene rings is 2. The lowest BCUT2D eigenvalue weighted by Gasteiger charge is -2.47. The van der Waals surface area contributed by atoms with Gasteiger partial charge in [-0.25, -0.2) is 18.2 Å². The lowest BCUT2D eigenvalue weighted by molar-refractivity contribution is -0.160. The molecule has 5 rings (SSSR count). The van der Waals surface area contributed by atoms with Crippen molar-refractivity contribution in [3.63, 3.8) is 0 Å².